The molecule has 0 saturated heterocycles. The fourth-order valence-corrected chi connectivity index (χ4v) is 4.15. The molecule has 1 aliphatic carbocycles. The number of nitrogens with one attached hydrogen (secondary N) is 1. The topological polar surface area (TPSA) is 67.2 Å². The number of aromatic nitrogens is 2. The fourth-order valence-electron chi connectivity index (χ4n) is 4.15. The molecular weight excluding hydrogens is 397 g/mol. The van der Waals surface area contributed by atoms with Crippen LogP contribution < -0.4 is 5.32 Å². The average Bonchev–Trinajstić information content (AvgIpc) is 3.16. The van der Waals surface area contributed by atoms with E-state index in [1.54, 1.807) is 0 Å². The highest BCUT2D eigenvalue weighted by molar-refractivity contribution is 5.98. The summed E-state index contributed by atoms with van der Waals surface area (Å²) in [6.07, 6.45) is 0.721. The second kappa shape index (κ2) is 8.12. The molecule has 2 aliphatic rings. The lowest BCUT2D eigenvalue weighted by atomic mass is 9.95. The van der Waals surface area contributed by atoms with E-state index in [1.807, 2.05) is 0 Å². The maximum Gasteiger partial charge on any atom is 0.416 e. The van der Waals surface area contributed by atoms with Gasteiger partial charge in [-0.05, 0) is 24.5 Å². The predicted octanol–water partition coefficient (Wildman–Crippen LogP) is 3.62. The van der Waals surface area contributed by atoms with E-state index >= 15 is 0 Å². The first kappa shape index (κ1) is 20.4. The second-order valence-corrected chi connectivity index (χ2v) is 7.83. The number of benzene rings is 1. The molecule has 0 atom stereocenters. The van der Waals surface area contributed by atoms with Crippen LogP contribution in [0.4, 0.5) is 13.2 Å². The fraction of sp³-hybridized carbons (Fsp3) is 0.476. The van der Waals surface area contributed by atoms with Gasteiger partial charge in [-0.1, -0.05) is 37.5 Å². The third kappa shape index (κ3) is 4.20. The molecule has 6 nitrogen and oxygen atoms in total. The van der Waals surface area contributed by atoms with Crippen molar-refractivity contribution < 1.29 is 22.8 Å². The van der Waals surface area contributed by atoms with Crippen molar-refractivity contribution in [2.24, 2.45) is 0 Å². The standard InChI is InChI=1S/C21H23F3N4O2/c22-21(23,24)16-9-5-4-6-14(16)13-27-10-11-28-18(20(27)30)12-17(26-28)19(29)25-15-7-2-1-3-8-15/h4-6,9,12,15H,1-3,7-8,10-11,13H2,(H,25,29). The highest BCUT2D eigenvalue weighted by Crippen LogP contribution is 2.32. The zero-order valence-electron chi connectivity index (χ0n) is 16.4. The van der Waals surface area contributed by atoms with Gasteiger partial charge >= 0.3 is 6.18 Å². The largest absolute Gasteiger partial charge is 0.416 e. The van der Waals surface area contributed by atoms with E-state index in [2.05, 4.69) is 10.4 Å². The number of hydrogen-bond acceptors (Lipinski definition) is 3. The third-order valence-corrected chi connectivity index (χ3v) is 5.73. The van der Waals surface area contributed by atoms with Gasteiger partial charge in [0.1, 0.15) is 5.69 Å². The van der Waals surface area contributed by atoms with Gasteiger partial charge in [0.25, 0.3) is 11.8 Å². The van der Waals surface area contributed by atoms with Crippen molar-refractivity contribution in [3.8, 4) is 0 Å². The van der Waals surface area contributed by atoms with Crippen LogP contribution in [-0.2, 0) is 19.3 Å². The molecule has 1 fully saturated rings. The number of carbonyl (C=O) groups is 2. The van der Waals surface area contributed by atoms with E-state index in [4.69, 9.17) is 0 Å². The Morgan fingerprint density at radius 3 is 2.60 bits per heavy atom. The predicted molar refractivity (Wildman–Crippen MR) is 103 cm³/mol. The van der Waals surface area contributed by atoms with E-state index in [1.165, 1.54) is 40.3 Å². The minimum atomic E-state index is -4.48. The number of hydrogen-bond donors (Lipinski definition) is 1. The summed E-state index contributed by atoms with van der Waals surface area (Å²) < 4.78 is 41.2. The van der Waals surface area contributed by atoms with E-state index in [0.29, 0.717) is 6.54 Å². The Morgan fingerprint density at radius 2 is 1.87 bits per heavy atom. The normalized spacial score (nSPS) is 17.7. The third-order valence-electron chi connectivity index (χ3n) is 5.73. The monoisotopic (exact) mass is 420 g/mol. The van der Waals surface area contributed by atoms with Crippen molar-refractivity contribution in [1.82, 2.24) is 20.0 Å². The van der Waals surface area contributed by atoms with Crippen LogP contribution in [0.15, 0.2) is 30.3 Å². The molecule has 2 heterocycles. The molecule has 2 aromatic rings. The number of amides is 2. The summed E-state index contributed by atoms with van der Waals surface area (Å²) >= 11 is 0. The summed E-state index contributed by atoms with van der Waals surface area (Å²) in [6, 6.07) is 6.80. The van der Waals surface area contributed by atoms with Crippen LogP contribution in [0.3, 0.4) is 0 Å². The number of carbonyl (C=O) groups excluding carboxylic acids is 2. The summed E-state index contributed by atoms with van der Waals surface area (Å²) in [5.74, 6) is -0.743. The first-order valence-corrected chi connectivity index (χ1v) is 10.2. The lowest BCUT2D eigenvalue weighted by molar-refractivity contribution is -0.138. The molecule has 9 heteroatoms. The quantitative estimate of drug-likeness (QED) is 0.822. The van der Waals surface area contributed by atoms with Crippen molar-refractivity contribution in [2.45, 2.75) is 57.4 Å². The maximum absolute atomic E-state index is 13.3. The van der Waals surface area contributed by atoms with Gasteiger partial charge in [-0.2, -0.15) is 18.3 Å². The first-order valence-electron chi connectivity index (χ1n) is 10.2. The Bertz CT molecular complexity index is 948. The van der Waals surface area contributed by atoms with Gasteiger partial charge in [0, 0.05) is 25.2 Å². The Balaban J connectivity index is 1.49. The van der Waals surface area contributed by atoms with Crippen molar-refractivity contribution in [3.05, 3.63) is 52.8 Å². The Morgan fingerprint density at radius 1 is 1.13 bits per heavy atom. The van der Waals surface area contributed by atoms with Crippen molar-refractivity contribution >= 4 is 11.8 Å². The molecule has 1 saturated carbocycles. The zero-order chi connectivity index (χ0) is 21.3. The van der Waals surface area contributed by atoms with Gasteiger partial charge in [0.2, 0.25) is 0 Å². The molecule has 0 spiro atoms. The second-order valence-electron chi connectivity index (χ2n) is 7.83. The minimum Gasteiger partial charge on any atom is -0.348 e. The van der Waals surface area contributed by atoms with Crippen LogP contribution in [-0.4, -0.2) is 39.1 Å². The minimum absolute atomic E-state index is 0.0431. The van der Waals surface area contributed by atoms with E-state index < -0.39 is 17.6 Å². The van der Waals surface area contributed by atoms with E-state index in [9.17, 15) is 22.8 Å². The van der Waals surface area contributed by atoms with Crippen LogP contribution in [0, 0.1) is 0 Å². The lowest BCUT2D eigenvalue weighted by Crippen LogP contribution is -2.40. The first-order chi connectivity index (χ1) is 14.3. The molecule has 4 rings (SSSR count). The summed E-state index contributed by atoms with van der Waals surface area (Å²) in [5.41, 5.74) is -0.313. The van der Waals surface area contributed by atoms with E-state index in [0.717, 1.165) is 31.7 Å². The summed E-state index contributed by atoms with van der Waals surface area (Å²) in [6.45, 7) is 0.401. The summed E-state index contributed by atoms with van der Waals surface area (Å²) in [5, 5.41) is 7.21. The average molecular weight is 420 g/mol. The smallest absolute Gasteiger partial charge is 0.348 e. The van der Waals surface area contributed by atoms with E-state index in [-0.39, 0.29) is 42.0 Å². The molecular formula is C21H23F3N4O2. The highest BCUT2D eigenvalue weighted by atomic mass is 19.4. The summed E-state index contributed by atoms with van der Waals surface area (Å²) in [7, 11) is 0. The summed E-state index contributed by atoms with van der Waals surface area (Å²) in [4.78, 5) is 26.8. The zero-order valence-corrected chi connectivity index (χ0v) is 16.4. The molecule has 1 N–H and O–H groups in total. The van der Waals surface area contributed by atoms with Crippen LogP contribution in [0.1, 0.15) is 64.2 Å². The molecule has 0 radical (unpaired) electrons. The van der Waals surface area contributed by atoms with Crippen molar-refractivity contribution in [1.29, 1.82) is 0 Å². The molecule has 0 unspecified atom stereocenters. The van der Waals surface area contributed by atoms with Gasteiger partial charge in [0.05, 0.1) is 12.1 Å². The maximum atomic E-state index is 13.3. The van der Waals surface area contributed by atoms with Crippen LogP contribution >= 0.6 is 0 Å². The van der Waals surface area contributed by atoms with Crippen LogP contribution in [0.5, 0.6) is 0 Å². The van der Waals surface area contributed by atoms with Crippen molar-refractivity contribution in [3.63, 3.8) is 0 Å². The number of rotatable bonds is 4. The number of halogens is 3. The molecule has 2 amide bonds. The van der Waals surface area contributed by atoms with Crippen LogP contribution in [0.25, 0.3) is 0 Å². The van der Waals surface area contributed by atoms with Gasteiger partial charge < -0.3 is 10.2 Å². The highest BCUT2D eigenvalue weighted by Gasteiger charge is 2.35. The van der Waals surface area contributed by atoms with Gasteiger partial charge in [-0.3, -0.25) is 14.3 Å². The number of alkyl halides is 3. The molecule has 1 aromatic heterocycles. The van der Waals surface area contributed by atoms with Crippen molar-refractivity contribution in [2.75, 3.05) is 6.54 Å². The van der Waals surface area contributed by atoms with Gasteiger partial charge in [-0.25, -0.2) is 0 Å². The molecule has 30 heavy (non-hydrogen) atoms. The molecule has 1 aliphatic heterocycles. The van der Waals surface area contributed by atoms with Gasteiger partial charge in [0.15, 0.2) is 5.69 Å². The Hall–Kier alpha value is -2.84. The molecule has 1 aromatic carbocycles. The van der Waals surface area contributed by atoms with Gasteiger partial charge in [-0.15, -0.1) is 0 Å². The SMILES string of the molecule is O=C(NC1CCCCC1)c1cc2n(n1)CCN(Cc1ccccc1C(F)(F)F)C2=O. The Labute approximate surface area is 172 Å². The van der Waals surface area contributed by atoms with Crippen LogP contribution in [0.2, 0.25) is 0 Å². The lowest BCUT2D eigenvalue weighted by Gasteiger charge is -2.28. The molecule has 0 bridgehead atoms. The number of fused-ring (bicyclic) bond motifs is 1. The Kier molecular flexibility index (Phi) is 5.53. The molecule has 160 valence electrons. The number of nitrogens with zero attached hydrogens (tertiary/aromatic N) is 3.